The molecule has 0 aliphatic rings. The van der Waals surface area contributed by atoms with Gasteiger partial charge in [-0.1, -0.05) is 0 Å². The summed E-state index contributed by atoms with van der Waals surface area (Å²) in [5.41, 5.74) is 0. The molecular formula is C6H8N2O4S. The number of rotatable bonds is 3. The summed E-state index contributed by atoms with van der Waals surface area (Å²) < 4.78 is 28.9. The molecule has 0 aliphatic carbocycles. The Hall–Kier alpha value is -1.21. The van der Waals surface area contributed by atoms with Gasteiger partial charge in [-0.2, -0.15) is 4.98 Å². The van der Waals surface area contributed by atoms with Crippen LogP contribution in [0.1, 0.15) is 0 Å². The molecule has 0 spiro atoms. The van der Waals surface area contributed by atoms with Crippen LogP contribution in [0, 0.1) is 0 Å². The zero-order valence-electron chi connectivity index (χ0n) is 7.05. The van der Waals surface area contributed by atoms with E-state index in [1.165, 1.54) is 20.4 Å². The average molecular weight is 204 g/mol. The Morgan fingerprint density at radius 3 is 2.62 bits per heavy atom. The summed E-state index contributed by atoms with van der Waals surface area (Å²) in [5.74, 6) is 0.0349. The van der Waals surface area contributed by atoms with Crippen molar-refractivity contribution in [2.24, 2.45) is 0 Å². The minimum atomic E-state index is -2.16. The first-order valence-electron chi connectivity index (χ1n) is 3.25. The lowest BCUT2D eigenvalue weighted by molar-refractivity contribution is 0.343. The molecule has 0 aliphatic heterocycles. The van der Waals surface area contributed by atoms with Crippen LogP contribution in [0.2, 0.25) is 0 Å². The highest BCUT2D eigenvalue weighted by Gasteiger charge is 2.12. The maximum absolute atomic E-state index is 10.7. The minimum Gasteiger partial charge on any atom is -0.480 e. The van der Waals surface area contributed by atoms with Gasteiger partial charge in [-0.3, -0.25) is 0 Å². The number of nitrogens with zero attached hydrogens (tertiary/aromatic N) is 2. The van der Waals surface area contributed by atoms with E-state index in [1.54, 1.807) is 0 Å². The van der Waals surface area contributed by atoms with Gasteiger partial charge in [0.15, 0.2) is 11.1 Å². The summed E-state index contributed by atoms with van der Waals surface area (Å²) in [4.78, 5) is 7.40. The van der Waals surface area contributed by atoms with E-state index >= 15 is 0 Å². The standard InChI is InChI=1S/C6H8N2O4S/c1-11-5-4(13(9)10)3-7-6(8-5)12-2/h3H,1-2H3,(H,9,10). The molecule has 1 unspecified atom stereocenters. The Labute approximate surface area is 77.2 Å². The van der Waals surface area contributed by atoms with E-state index in [4.69, 9.17) is 14.0 Å². The normalized spacial score (nSPS) is 12.2. The van der Waals surface area contributed by atoms with Crippen LogP contribution in [0.4, 0.5) is 0 Å². The van der Waals surface area contributed by atoms with Gasteiger partial charge in [0.05, 0.1) is 20.4 Å². The predicted octanol–water partition coefficient (Wildman–Crippen LogP) is 0.0744. The summed E-state index contributed by atoms with van der Waals surface area (Å²) >= 11 is -2.16. The van der Waals surface area contributed by atoms with Gasteiger partial charge in [-0.25, -0.2) is 9.19 Å². The van der Waals surface area contributed by atoms with Gasteiger partial charge >= 0.3 is 6.01 Å². The largest absolute Gasteiger partial charge is 0.480 e. The molecule has 72 valence electrons. The van der Waals surface area contributed by atoms with Crippen molar-refractivity contribution in [3.63, 3.8) is 0 Å². The molecule has 1 heterocycles. The SMILES string of the molecule is COc1ncc(S(=O)O)c(OC)n1. The smallest absolute Gasteiger partial charge is 0.319 e. The number of hydrogen-bond donors (Lipinski definition) is 1. The Balaban J connectivity index is 3.15. The summed E-state index contributed by atoms with van der Waals surface area (Å²) in [5, 5.41) is 0. The summed E-state index contributed by atoms with van der Waals surface area (Å²) in [6.45, 7) is 0. The first-order valence-corrected chi connectivity index (χ1v) is 4.35. The molecule has 6 nitrogen and oxygen atoms in total. The van der Waals surface area contributed by atoms with Crippen molar-refractivity contribution in [3.05, 3.63) is 6.20 Å². The second kappa shape index (κ2) is 4.15. The van der Waals surface area contributed by atoms with Crippen molar-refractivity contribution in [2.45, 2.75) is 4.90 Å². The lowest BCUT2D eigenvalue weighted by Gasteiger charge is -2.04. The van der Waals surface area contributed by atoms with Crippen LogP contribution in [-0.4, -0.2) is 32.9 Å². The van der Waals surface area contributed by atoms with Crippen LogP contribution in [0.15, 0.2) is 11.1 Å². The predicted molar refractivity (Wildman–Crippen MR) is 44.2 cm³/mol. The number of ether oxygens (including phenoxy) is 2. The zero-order chi connectivity index (χ0) is 9.84. The maximum atomic E-state index is 10.7. The van der Waals surface area contributed by atoms with Crippen LogP contribution >= 0.6 is 0 Å². The fourth-order valence-corrected chi connectivity index (χ4v) is 1.13. The molecule has 0 aromatic carbocycles. The Morgan fingerprint density at radius 2 is 2.15 bits per heavy atom. The topological polar surface area (TPSA) is 81.5 Å². The fraction of sp³-hybridized carbons (Fsp3) is 0.333. The molecular weight excluding hydrogens is 196 g/mol. The molecule has 1 N–H and O–H groups in total. The van der Waals surface area contributed by atoms with E-state index in [2.05, 4.69) is 9.97 Å². The van der Waals surface area contributed by atoms with Crippen LogP contribution in [0.25, 0.3) is 0 Å². The number of aromatic nitrogens is 2. The second-order valence-corrected chi connectivity index (χ2v) is 2.92. The van der Waals surface area contributed by atoms with Gasteiger partial charge in [0.2, 0.25) is 5.88 Å². The first kappa shape index (κ1) is 9.87. The van der Waals surface area contributed by atoms with Crippen molar-refractivity contribution in [1.82, 2.24) is 9.97 Å². The van der Waals surface area contributed by atoms with Gasteiger partial charge < -0.3 is 14.0 Å². The Morgan fingerprint density at radius 1 is 1.46 bits per heavy atom. The van der Waals surface area contributed by atoms with Crippen LogP contribution in [0.5, 0.6) is 11.9 Å². The third-order valence-electron chi connectivity index (χ3n) is 1.26. The molecule has 1 aromatic heterocycles. The lowest BCUT2D eigenvalue weighted by atomic mass is 10.6. The van der Waals surface area contributed by atoms with E-state index in [1.807, 2.05) is 0 Å². The number of methoxy groups -OCH3 is 2. The molecule has 1 rings (SSSR count). The van der Waals surface area contributed by atoms with E-state index in [-0.39, 0.29) is 16.8 Å². The minimum absolute atomic E-state index is 0.0169. The Kier molecular flexibility index (Phi) is 3.15. The van der Waals surface area contributed by atoms with E-state index < -0.39 is 11.1 Å². The molecule has 0 saturated carbocycles. The molecule has 0 bridgehead atoms. The lowest BCUT2D eigenvalue weighted by Crippen LogP contribution is -2.01. The molecule has 1 atom stereocenters. The number of hydrogen-bond acceptors (Lipinski definition) is 5. The monoisotopic (exact) mass is 204 g/mol. The van der Waals surface area contributed by atoms with Crippen molar-refractivity contribution in [3.8, 4) is 11.9 Å². The van der Waals surface area contributed by atoms with Gasteiger partial charge in [0.25, 0.3) is 0 Å². The highest BCUT2D eigenvalue weighted by molar-refractivity contribution is 7.79. The van der Waals surface area contributed by atoms with Crippen LogP contribution in [-0.2, 0) is 11.1 Å². The van der Waals surface area contributed by atoms with Crippen molar-refractivity contribution >= 4 is 11.1 Å². The third kappa shape index (κ3) is 2.13. The summed E-state index contributed by atoms with van der Waals surface area (Å²) in [7, 11) is 2.74. The molecule has 7 heteroatoms. The van der Waals surface area contributed by atoms with Gasteiger partial charge in [-0.05, 0) is 0 Å². The maximum Gasteiger partial charge on any atom is 0.319 e. The van der Waals surface area contributed by atoms with Gasteiger partial charge in [0, 0.05) is 0 Å². The summed E-state index contributed by atoms with van der Waals surface area (Å²) in [6.07, 6.45) is 1.18. The van der Waals surface area contributed by atoms with E-state index in [0.717, 1.165) is 0 Å². The van der Waals surface area contributed by atoms with E-state index in [0.29, 0.717) is 0 Å². The average Bonchev–Trinajstić information content (AvgIpc) is 2.16. The van der Waals surface area contributed by atoms with Gasteiger partial charge in [-0.15, -0.1) is 0 Å². The molecule has 13 heavy (non-hydrogen) atoms. The highest BCUT2D eigenvalue weighted by Crippen LogP contribution is 2.19. The van der Waals surface area contributed by atoms with E-state index in [9.17, 15) is 4.21 Å². The third-order valence-corrected chi connectivity index (χ3v) is 1.92. The van der Waals surface area contributed by atoms with Crippen molar-refractivity contribution < 1.29 is 18.2 Å². The second-order valence-electron chi connectivity index (χ2n) is 1.98. The quantitative estimate of drug-likeness (QED) is 0.702. The van der Waals surface area contributed by atoms with Crippen LogP contribution < -0.4 is 9.47 Å². The van der Waals surface area contributed by atoms with Crippen molar-refractivity contribution in [1.29, 1.82) is 0 Å². The molecule has 0 radical (unpaired) electrons. The molecule has 1 aromatic rings. The fourth-order valence-electron chi connectivity index (χ4n) is 0.704. The molecule has 0 saturated heterocycles. The molecule has 0 amide bonds. The molecule has 0 fully saturated rings. The zero-order valence-corrected chi connectivity index (χ0v) is 7.87. The summed E-state index contributed by atoms with van der Waals surface area (Å²) in [6, 6.07) is 0.0889. The first-order chi connectivity index (χ1) is 6.19. The van der Waals surface area contributed by atoms with Crippen molar-refractivity contribution in [2.75, 3.05) is 14.2 Å². The highest BCUT2D eigenvalue weighted by atomic mass is 32.2. The van der Waals surface area contributed by atoms with Gasteiger partial charge in [0.1, 0.15) is 4.90 Å². The Bertz CT molecular complexity index is 330. The van der Waals surface area contributed by atoms with Crippen LogP contribution in [0.3, 0.4) is 0 Å².